The molecule has 0 radical (unpaired) electrons. The Morgan fingerprint density at radius 2 is 1.79 bits per heavy atom. The van der Waals surface area contributed by atoms with Crippen LogP contribution in [-0.4, -0.2) is 49.5 Å². The molecule has 0 heterocycles. The van der Waals surface area contributed by atoms with Crippen LogP contribution < -0.4 is 9.47 Å². The molecular formula is C20H22N2O7. The highest BCUT2D eigenvalue weighted by Gasteiger charge is 2.31. The number of carbonyl (C=O) groups is 2. The Labute approximate surface area is 167 Å². The molecule has 1 atom stereocenters. The number of likely N-dealkylation sites (N-methyl/N-ethyl adjacent to an activating group) is 1. The Hall–Kier alpha value is -3.62. The third-order valence-electron chi connectivity index (χ3n) is 3.99. The molecule has 0 aliphatic carbocycles. The van der Waals surface area contributed by atoms with Gasteiger partial charge in [-0.3, -0.25) is 14.9 Å². The van der Waals surface area contributed by atoms with Crippen LogP contribution in [0.4, 0.5) is 5.69 Å². The Morgan fingerprint density at radius 1 is 1.14 bits per heavy atom. The second-order valence-corrected chi connectivity index (χ2v) is 6.14. The second kappa shape index (κ2) is 9.54. The molecule has 0 N–H and O–H groups in total. The molecule has 0 aliphatic heterocycles. The van der Waals surface area contributed by atoms with Gasteiger partial charge in [0, 0.05) is 25.7 Å². The van der Waals surface area contributed by atoms with E-state index in [1.807, 2.05) is 0 Å². The lowest BCUT2D eigenvalue weighted by atomic mass is 10.1. The van der Waals surface area contributed by atoms with Crippen molar-refractivity contribution in [3.8, 4) is 11.5 Å². The lowest BCUT2D eigenvalue weighted by Gasteiger charge is -2.21. The van der Waals surface area contributed by atoms with E-state index in [4.69, 9.17) is 14.2 Å². The highest BCUT2D eigenvalue weighted by atomic mass is 16.6. The molecule has 9 nitrogen and oxygen atoms in total. The van der Waals surface area contributed by atoms with Gasteiger partial charge in [0.1, 0.15) is 5.56 Å². The predicted molar refractivity (Wildman–Crippen MR) is 104 cm³/mol. The average Bonchev–Trinajstić information content (AvgIpc) is 2.71. The van der Waals surface area contributed by atoms with Gasteiger partial charge in [-0.15, -0.1) is 0 Å². The molecule has 2 aromatic carbocycles. The number of carbonyl (C=O) groups excluding carboxylic acids is 2. The number of amides is 1. The number of benzene rings is 2. The summed E-state index contributed by atoms with van der Waals surface area (Å²) in [5.41, 5.74) is -0.411. The van der Waals surface area contributed by atoms with Crippen molar-refractivity contribution in [3.63, 3.8) is 0 Å². The maximum Gasteiger partial charge on any atom is 0.346 e. The zero-order chi connectivity index (χ0) is 21.6. The predicted octanol–water partition coefficient (Wildman–Crippen LogP) is 2.99. The van der Waals surface area contributed by atoms with Crippen LogP contribution in [-0.2, 0) is 9.53 Å². The highest BCUT2D eigenvalue weighted by molar-refractivity contribution is 5.97. The summed E-state index contributed by atoms with van der Waals surface area (Å²) >= 11 is 0. The van der Waals surface area contributed by atoms with Crippen molar-refractivity contribution in [2.45, 2.75) is 13.0 Å². The van der Waals surface area contributed by atoms with Gasteiger partial charge in [-0.25, -0.2) is 4.79 Å². The molecule has 0 saturated heterocycles. The summed E-state index contributed by atoms with van der Waals surface area (Å²) in [6.07, 6.45) is -1.25. The van der Waals surface area contributed by atoms with E-state index >= 15 is 0 Å². The van der Waals surface area contributed by atoms with Gasteiger partial charge in [0.05, 0.1) is 24.7 Å². The molecule has 2 aromatic rings. The van der Waals surface area contributed by atoms with Crippen molar-refractivity contribution in [3.05, 3.63) is 63.7 Å². The fourth-order valence-corrected chi connectivity index (χ4v) is 2.59. The molecule has 0 fully saturated rings. The van der Waals surface area contributed by atoms with Crippen molar-refractivity contribution in [2.24, 2.45) is 0 Å². The smallest absolute Gasteiger partial charge is 0.346 e. The zero-order valence-corrected chi connectivity index (χ0v) is 16.6. The first-order valence-corrected chi connectivity index (χ1v) is 8.76. The number of methoxy groups -OCH3 is 1. The van der Waals surface area contributed by atoms with Crippen LogP contribution in [0.15, 0.2) is 42.5 Å². The lowest BCUT2D eigenvalue weighted by Crippen LogP contribution is -2.31. The van der Waals surface area contributed by atoms with Gasteiger partial charge in [0.15, 0.2) is 11.5 Å². The fraction of sp³-hybridized carbons (Fsp3) is 0.300. The van der Waals surface area contributed by atoms with Gasteiger partial charge in [-0.2, -0.15) is 0 Å². The van der Waals surface area contributed by atoms with Gasteiger partial charge >= 0.3 is 5.97 Å². The lowest BCUT2D eigenvalue weighted by molar-refractivity contribution is -0.385. The summed E-state index contributed by atoms with van der Waals surface area (Å²) in [5.74, 6) is -1.24. The third kappa shape index (κ3) is 5.01. The number of nitrogens with zero attached hydrogens (tertiary/aromatic N) is 2. The molecular weight excluding hydrogens is 380 g/mol. The Balaban J connectivity index is 2.48. The quantitative estimate of drug-likeness (QED) is 0.379. The van der Waals surface area contributed by atoms with Crippen molar-refractivity contribution < 1.29 is 28.7 Å². The molecule has 29 heavy (non-hydrogen) atoms. The average molecular weight is 402 g/mol. The fourth-order valence-electron chi connectivity index (χ4n) is 2.59. The number of nitro benzene ring substituents is 1. The summed E-state index contributed by atoms with van der Waals surface area (Å²) in [5, 5.41) is 11.5. The number of hydrogen-bond acceptors (Lipinski definition) is 7. The molecule has 2 rings (SSSR count). The van der Waals surface area contributed by atoms with Gasteiger partial charge in [-0.1, -0.05) is 30.3 Å². The van der Waals surface area contributed by atoms with Gasteiger partial charge in [-0.05, 0) is 6.92 Å². The normalized spacial score (nSPS) is 11.3. The van der Waals surface area contributed by atoms with Crippen LogP contribution in [0.1, 0.15) is 28.9 Å². The monoisotopic (exact) mass is 402 g/mol. The minimum Gasteiger partial charge on any atom is -0.493 e. The molecule has 154 valence electrons. The molecule has 0 saturated carbocycles. The first-order valence-electron chi connectivity index (χ1n) is 8.76. The number of rotatable bonds is 8. The zero-order valence-electron chi connectivity index (χ0n) is 16.6. The largest absolute Gasteiger partial charge is 0.493 e. The Morgan fingerprint density at radius 3 is 2.31 bits per heavy atom. The van der Waals surface area contributed by atoms with E-state index in [1.165, 1.54) is 32.2 Å². The number of ether oxygens (including phenoxy) is 3. The second-order valence-electron chi connectivity index (χ2n) is 6.14. The topological polar surface area (TPSA) is 108 Å². The van der Waals surface area contributed by atoms with Gasteiger partial charge in [0.25, 0.3) is 11.6 Å². The van der Waals surface area contributed by atoms with Crippen molar-refractivity contribution in [1.29, 1.82) is 0 Å². The molecule has 9 heteroatoms. The third-order valence-corrected chi connectivity index (χ3v) is 3.99. The van der Waals surface area contributed by atoms with Crippen LogP contribution in [0.5, 0.6) is 11.5 Å². The summed E-state index contributed by atoms with van der Waals surface area (Å²) in [6, 6.07) is 10.7. The Kier molecular flexibility index (Phi) is 7.13. The summed E-state index contributed by atoms with van der Waals surface area (Å²) in [4.78, 5) is 37.4. The van der Waals surface area contributed by atoms with Crippen molar-refractivity contribution in [1.82, 2.24) is 4.90 Å². The molecule has 0 spiro atoms. The SMILES string of the molecule is CCOc1cc([N+](=O)[O-])c(C(=O)OC(C(=O)N(C)C)c2ccccc2)cc1OC. The summed E-state index contributed by atoms with van der Waals surface area (Å²) in [7, 11) is 4.39. The molecule has 0 bridgehead atoms. The van der Waals surface area contributed by atoms with Crippen molar-refractivity contribution >= 4 is 17.6 Å². The van der Waals surface area contributed by atoms with Gasteiger partial charge in [0.2, 0.25) is 6.10 Å². The van der Waals surface area contributed by atoms with Crippen LogP contribution in [0.2, 0.25) is 0 Å². The van der Waals surface area contributed by atoms with E-state index in [1.54, 1.807) is 37.3 Å². The standard InChI is InChI=1S/C20H22N2O7/c1-5-28-17-12-15(22(25)26)14(11-16(17)27-4)20(24)29-18(19(23)21(2)3)13-9-7-6-8-10-13/h6-12,18H,5H2,1-4H3. The van der Waals surface area contributed by atoms with Crippen LogP contribution in [0.25, 0.3) is 0 Å². The first-order chi connectivity index (χ1) is 13.8. The van der Waals surface area contributed by atoms with E-state index in [0.717, 1.165) is 6.07 Å². The summed E-state index contributed by atoms with van der Waals surface area (Å²) < 4.78 is 15.9. The minimum absolute atomic E-state index is 0.127. The van der Waals surface area contributed by atoms with Crippen molar-refractivity contribution in [2.75, 3.05) is 27.8 Å². The molecule has 1 amide bonds. The molecule has 0 aliphatic rings. The maximum absolute atomic E-state index is 12.8. The van der Waals surface area contributed by atoms with E-state index in [9.17, 15) is 19.7 Å². The van der Waals surface area contributed by atoms with E-state index in [-0.39, 0.29) is 23.7 Å². The number of nitro groups is 1. The highest BCUT2D eigenvalue weighted by Crippen LogP contribution is 2.36. The van der Waals surface area contributed by atoms with Crippen LogP contribution in [0.3, 0.4) is 0 Å². The minimum atomic E-state index is -1.25. The molecule has 0 aromatic heterocycles. The molecule has 1 unspecified atom stereocenters. The Bertz CT molecular complexity index is 897. The van der Waals surface area contributed by atoms with E-state index < -0.39 is 28.6 Å². The van der Waals surface area contributed by atoms with Crippen LogP contribution in [0, 0.1) is 10.1 Å². The van der Waals surface area contributed by atoms with Gasteiger partial charge < -0.3 is 19.1 Å². The van der Waals surface area contributed by atoms with E-state index in [0.29, 0.717) is 5.56 Å². The maximum atomic E-state index is 12.8. The van der Waals surface area contributed by atoms with E-state index in [2.05, 4.69) is 0 Å². The first kappa shape index (κ1) is 21.7. The van der Waals surface area contributed by atoms with Crippen LogP contribution >= 0.6 is 0 Å². The summed E-state index contributed by atoms with van der Waals surface area (Å²) in [6.45, 7) is 1.97. The number of hydrogen-bond donors (Lipinski definition) is 0. The number of esters is 1.